The Morgan fingerprint density at radius 3 is 3.00 bits per heavy atom. The van der Waals surface area contributed by atoms with Crippen LogP contribution in [0.25, 0.3) is 0 Å². The summed E-state index contributed by atoms with van der Waals surface area (Å²) in [6.07, 6.45) is 1.61. The van der Waals surface area contributed by atoms with Gasteiger partial charge in [-0.2, -0.15) is 0 Å². The molecule has 5 heteroatoms. The molecular formula is C9H15N3OS. The zero-order valence-corrected chi connectivity index (χ0v) is 9.23. The molecule has 1 rings (SSSR count). The standard InChI is InChI=1S/C9H15N3OS/c1-3-4-7(10)8(13)12-9-11-6(2)5-14-9/h5,7H,3-4,10H2,1-2H3,(H,11,12,13)/t7-/m1/s1. The maximum Gasteiger partial charge on any atom is 0.243 e. The minimum Gasteiger partial charge on any atom is -0.320 e. The van der Waals surface area contributed by atoms with Crippen LogP contribution in [-0.2, 0) is 4.79 Å². The molecule has 1 heterocycles. The van der Waals surface area contributed by atoms with E-state index < -0.39 is 6.04 Å². The summed E-state index contributed by atoms with van der Waals surface area (Å²) in [4.78, 5) is 15.6. The zero-order valence-electron chi connectivity index (χ0n) is 8.41. The SMILES string of the molecule is CCC[C@@H](N)C(=O)Nc1nc(C)cs1. The first kappa shape index (κ1) is 11.1. The number of anilines is 1. The van der Waals surface area contributed by atoms with Crippen molar-refractivity contribution in [3.63, 3.8) is 0 Å². The molecule has 0 aromatic carbocycles. The Hall–Kier alpha value is -0.940. The summed E-state index contributed by atoms with van der Waals surface area (Å²) >= 11 is 1.41. The van der Waals surface area contributed by atoms with E-state index in [1.165, 1.54) is 11.3 Å². The second-order valence-electron chi connectivity index (χ2n) is 3.18. The van der Waals surface area contributed by atoms with Crippen LogP contribution in [0.1, 0.15) is 25.5 Å². The largest absolute Gasteiger partial charge is 0.320 e. The second kappa shape index (κ2) is 5.07. The molecule has 0 aliphatic rings. The second-order valence-corrected chi connectivity index (χ2v) is 4.04. The van der Waals surface area contributed by atoms with Crippen LogP contribution < -0.4 is 11.1 Å². The van der Waals surface area contributed by atoms with Crippen molar-refractivity contribution in [2.75, 3.05) is 5.32 Å². The Kier molecular flexibility index (Phi) is 4.03. The zero-order chi connectivity index (χ0) is 10.6. The van der Waals surface area contributed by atoms with Crippen molar-refractivity contribution < 1.29 is 4.79 Å². The molecule has 78 valence electrons. The van der Waals surface area contributed by atoms with Crippen molar-refractivity contribution in [3.8, 4) is 0 Å². The average Bonchev–Trinajstić information content (AvgIpc) is 2.51. The van der Waals surface area contributed by atoms with Crippen LogP contribution in [0.3, 0.4) is 0 Å². The number of thiazole rings is 1. The number of hydrogen-bond acceptors (Lipinski definition) is 4. The highest BCUT2D eigenvalue weighted by atomic mass is 32.1. The molecule has 1 amide bonds. The van der Waals surface area contributed by atoms with Gasteiger partial charge in [0.15, 0.2) is 5.13 Å². The van der Waals surface area contributed by atoms with E-state index in [9.17, 15) is 4.79 Å². The first-order valence-electron chi connectivity index (χ1n) is 4.62. The van der Waals surface area contributed by atoms with Gasteiger partial charge in [-0.3, -0.25) is 4.79 Å². The number of nitrogens with two attached hydrogens (primary N) is 1. The molecule has 0 unspecified atom stereocenters. The van der Waals surface area contributed by atoms with Gasteiger partial charge in [0.25, 0.3) is 0 Å². The average molecular weight is 213 g/mol. The van der Waals surface area contributed by atoms with E-state index in [0.29, 0.717) is 11.6 Å². The molecule has 3 N–H and O–H groups in total. The van der Waals surface area contributed by atoms with Crippen LogP contribution in [0.15, 0.2) is 5.38 Å². The quantitative estimate of drug-likeness (QED) is 0.796. The van der Waals surface area contributed by atoms with E-state index in [4.69, 9.17) is 5.73 Å². The molecule has 0 saturated heterocycles. The summed E-state index contributed by atoms with van der Waals surface area (Å²) in [6.45, 7) is 3.89. The topological polar surface area (TPSA) is 68.0 Å². The minimum atomic E-state index is -0.427. The lowest BCUT2D eigenvalue weighted by Gasteiger charge is -2.08. The lowest BCUT2D eigenvalue weighted by Crippen LogP contribution is -2.35. The van der Waals surface area contributed by atoms with E-state index in [2.05, 4.69) is 10.3 Å². The van der Waals surface area contributed by atoms with Crippen LogP contribution in [0.5, 0.6) is 0 Å². The monoisotopic (exact) mass is 213 g/mol. The lowest BCUT2D eigenvalue weighted by molar-refractivity contribution is -0.117. The predicted octanol–water partition coefficient (Wildman–Crippen LogP) is 1.52. The maximum absolute atomic E-state index is 11.4. The van der Waals surface area contributed by atoms with Gasteiger partial charge < -0.3 is 11.1 Å². The Bertz CT molecular complexity index is 311. The molecule has 1 aromatic heterocycles. The molecule has 4 nitrogen and oxygen atoms in total. The third-order valence-electron chi connectivity index (χ3n) is 1.79. The van der Waals surface area contributed by atoms with Crippen LogP contribution in [0.2, 0.25) is 0 Å². The van der Waals surface area contributed by atoms with Crippen LogP contribution in [0.4, 0.5) is 5.13 Å². The van der Waals surface area contributed by atoms with Crippen molar-refractivity contribution in [1.82, 2.24) is 4.98 Å². The number of carbonyl (C=O) groups excluding carboxylic acids is 1. The van der Waals surface area contributed by atoms with Gasteiger partial charge in [0.1, 0.15) is 0 Å². The number of rotatable bonds is 4. The Morgan fingerprint density at radius 2 is 2.50 bits per heavy atom. The summed E-state index contributed by atoms with van der Waals surface area (Å²) in [5, 5.41) is 5.20. The highest BCUT2D eigenvalue weighted by Crippen LogP contribution is 2.14. The highest BCUT2D eigenvalue weighted by Gasteiger charge is 2.13. The Morgan fingerprint density at radius 1 is 1.79 bits per heavy atom. The lowest BCUT2D eigenvalue weighted by atomic mass is 10.2. The minimum absolute atomic E-state index is 0.152. The van der Waals surface area contributed by atoms with Crippen molar-refractivity contribution in [3.05, 3.63) is 11.1 Å². The number of nitrogens with zero attached hydrogens (tertiary/aromatic N) is 1. The van der Waals surface area contributed by atoms with E-state index in [1.807, 2.05) is 19.2 Å². The van der Waals surface area contributed by atoms with Crippen molar-refractivity contribution >= 4 is 22.4 Å². The van der Waals surface area contributed by atoms with Gasteiger partial charge in [-0.1, -0.05) is 13.3 Å². The molecule has 0 aliphatic carbocycles. The highest BCUT2D eigenvalue weighted by molar-refractivity contribution is 7.13. The molecule has 0 spiro atoms. The summed E-state index contributed by atoms with van der Waals surface area (Å²) in [5.41, 5.74) is 6.56. The molecule has 1 atom stereocenters. The van der Waals surface area contributed by atoms with Gasteiger partial charge in [0.2, 0.25) is 5.91 Å². The molecule has 1 aromatic rings. The molecule has 0 bridgehead atoms. The molecule has 0 saturated carbocycles. The number of aromatic nitrogens is 1. The van der Waals surface area contributed by atoms with Crippen LogP contribution in [-0.4, -0.2) is 16.9 Å². The van der Waals surface area contributed by atoms with E-state index in [1.54, 1.807) is 0 Å². The third-order valence-corrected chi connectivity index (χ3v) is 2.66. The first-order valence-corrected chi connectivity index (χ1v) is 5.50. The summed E-state index contributed by atoms with van der Waals surface area (Å²) < 4.78 is 0. The van der Waals surface area contributed by atoms with Gasteiger partial charge in [-0.05, 0) is 13.3 Å². The van der Waals surface area contributed by atoms with Gasteiger partial charge in [0, 0.05) is 5.38 Å². The summed E-state index contributed by atoms with van der Waals surface area (Å²) in [6, 6.07) is -0.427. The van der Waals surface area contributed by atoms with E-state index in [-0.39, 0.29) is 5.91 Å². The molecular weight excluding hydrogens is 198 g/mol. The molecule has 0 aliphatic heterocycles. The normalized spacial score (nSPS) is 12.5. The van der Waals surface area contributed by atoms with E-state index in [0.717, 1.165) is 12.1 Å². The molecule has 0 radical (unpaired) electrons. The fourth-order valence-electron chi connectivity index (χ4n) is 1.05. The smallest absolute Gasteiger partial charge is 0.243 e. The number of hydrogen-bond donors (Lipinski definition) is 2. The summed E-state index contributed by atoms with van der Waals surface area (Å²) in [5.74, 6) is -0.152. The van der Waals surface area contributed by atoms with Gasteiger partial charge in [-0.15, -0.1) is 11.3 Å². The summed E-state index contributed by atoms with van der Waals surface area (Å²) in [7, 11) is 0. The number of aryl methyl sites for hydroxylation is 1. The van der Waals surface area contributed by atoms with Gasteiger partial charge >= 0.3 is 0 Å². The van der Waals surface area contributed by atoms with E-state index >= 15 is 0 Å². The number of amides is 1. The van der Waals surface area contributed by atoms with Crippen LogP contribution in [0, 0.1) is 6.92 Å². The predicted molar refractivity (Wildman–Crippen MR) is 58.4 cm³/mol. The molecule has 0 fully saturated rings. The third kappa shape index (κ3) is 3.08. The fraction of sp³-hybridized carbons (Fsp3) is 0.556. The fourth-order valence-corrected chi connectivity index (χ4v) is 1.74. The van der Waals surface area contributed by atoms with Crippen molar-refractivity contribution in [2.45, 2.75) is 32.7 Å². The Labute approximate surface area is 87.5 Å². The number of nitrogens with one attached hydrogen (secondary N) is 1. The Balaban J connectivity index is 2.48. The number of carbonyl (C=O) groups is 1. The van der Waals surface area contributed by atoms with Gasteiger partial charge in [-0.25, -0.2) is 4.98 Å². The van der Waals surface area contributed by atoms with Crippen molar-refractivity contribution in [1.29, 1.82) is 0 Å². The van der Waals surface area contributed by atoms with Crippen molar-refractivity contribution in [2.24, 2.45) is 5.73 Å². The maximum atomic E-state index is 11.4. The first-order chi connectivity index (χ1) is 6.63. The molecule has 14 heavy (non-hydrogen) atoms. The van der Waals surface area contributed by atoms with Gasteiger partial charge in [0.05, 0.1) is 11.7 Å². The van der Waals surface area contributed by atoms with Crippen LogP contribution >= 0.6 is 11.3 Å².